The number of halogens is 1. The van der Waals surface area contributed by atoms with Crippen LogP contribution in [0.2, 0.25) is 0 Å². The first-order valence-corrected chi connectivity index (χ1v) is 4.81. The van der Waals surface area contributed by atoms with E-state index in [1.165, 1.54) is 0 Å². The summed E-state index contributed by atoms with van der Waals surface area (Å²) in [6.45, 7) is 2.34. The summed E-state index contributed by atoms with van der Waals surface area (Å²) in [7, 11) is 0. The van der Waals surface area contributed by atoms with Gasteiger partial charge in [-0.15, -0.1) is 0 Å². The second kappa shape index (κ2) is 4.85. The monoisotopic (exact) mass is 213 g/mol. The zero-order valence-corrected chi connectivity index (χ0v) is 8.62. The Kier molecular flexibility index (Phi) is 3.76. The maximum atomic E-state index is 12.3. The molecule has 4 N–H and O–H groups in total. The lowest BCUT2D eigenvalue weighted by molar-refractivity contribution is 0.890. The first kappa shape index (κ1) is 10.8. The molecule has 14 heavy (non-hydrogen) atoms. The Morgan fingerprint density at radius 1 is 1.64 bits per heavy atom. The minimum Gasteiger partial charge on any atom is -0.370 e. The van der Waals surface area contributed by atoms with Crippen LogP contribution in [0, 0.1) is 12.3 Å². The molecule has 0 bridgehead atoms. The van der Waals surface area contributed by atoms with Gasteiger partial charge in [0.2, 0.25) is 0 Å². The molecule has 0 aliphatic carbocycles. The van der Waals surface area contributed by atoms with Gasteiger partial charge in [0.1, 0.15) is 0 Å². The SMILES string of the molecule is Cc1cc(CNC(=N)N)ccc1SF. The minimum absolute atomic E-state index is 0.0633. The number of nitrogens with one attached hydrogen (secondary N) is 2. The largest absolute Gasteiger partial charge is 0.370 e. The van der Waals surface area contributed by atoms with Gasteiger partial charge < -0.3 is 11.1 Å². The van der Waals surface area contributed by atoms with Crippen LogP contribution in [-0.4, -0.2) is 5.96 Å². The maximum Gasteiger partial charge on any atom is 0.185 e. The van der Waals surface area contributed by atoms with Crippen molar-refractivity contribution in [1.82, 2.24) is 5.32 Å². The highest BCUT2D eigenvalue weighted by atomic mass is 32.2. The molecule has 76 valence electrons. The molecule has 1 rings (SSSR count). The molecule has 0 heterocycles. The molecule has 0 saturated heterocycles. The highest BCUT2D eigenvalue weighted by Crippen LogP contribution is 2.23. The summed E-state index contributed by atoms with van der Waals surface area (Å²) in [6.07, 6.45) is 0. The van der Waals surface area contributed by atoms with Crippen LogP contribution in [0.5, 0.6) is 0 Å². The Labute approximate surface area is 86.7 Å². The standard InChI is InChI=1S/C9H12FN3S/c1-6-4-7(5-13-9(11)12)2-3-8(6)14-10/h2-4H,5H2,1H3,(H4,11,12,13). The predicted octanol–water partition coefficient (Wildman–Crippen LogP) is 1.95. The number of nitrogens with two attached hydrogens (primary N) is 1. The molecule has 5 heteroatoms. The van der Waals surface area contributed by atoms with E-state index in [0.717, 1.165) is 11.1 Å². The number of benzene rings is 1. The summed E-state index contributed by atoms with van der Waals surface area (Å²) in [5.41, 5.74) is 7.01. The van der Waals surface area contributed by atoms with E-state index in [1.54, 1.807) is 6.07 Å². The van der Waals surface area contributed by atoms with E-state index < -0.39 is 0 Å². The molecule has 1 aromatic carbocycles. The van der Waals surface area contributed by atoms with E-state index in [0.29, 0.717) is 11.4 Å². The molecule has 0 aromatic heterocycles. The highest BCUT2D eigenvalue weighted by molar-refractivity contribution is 7.94. The van der Waals surface area contributed by atoms with Gasteiger partial charge in [0.25, 0.3) is 0 Å². The molecular formula is C9H12FN3S. The summed E-state index contributed by atoms with van der Waals surface area (Å²) in [5, 5.41) is 9.67. The van der Waals surface area contributed by atoms with Gasteiger partial charge in [0.15, 0.2) is 5.96 Å². The van der Waals surface area contributed by atoms with Crippen LogP contribution < -0.4 is 11.1 Å². The molecule has 0 aliphatic heterocycles. The first-order valence-electron chi connectivity index (χ1n) is 4.09. The van der Waals surface area contributed by atoms with E-state index >= 15 is 0 Å². The van der Waals surface area contributed by atoms with Gasteiger partial charge >= 0.3 is 0 Å². The predicted molar refractivity (Wildman–Crippen MR) is 56.9 cm³/mol. The van der Waals surface area contributed by atoms with Gasteiger partial charge in [-0.3, -0.25) is 5.41 Å². The van der Waals surface area contributed by atoms with Crippen LogP contribution in [0.15, 0.2) is 23.1 Å². The Morgan fingerprint density at radius 3 is 2.86 bits per heavy atom. The Bertz CT molecular complexity index is 341. The normalized spacial score (nSPS) is 9.86. The van der Waals surface area contributed by atoms with Crippen molar-refractivity contribution in [3.8, 4) is 0 Å². The molecule has 0 saturated carbocycles. The van der Waals surface area contributed by atoms with Gasteiger partial charge in [-0.1, -0.05) is 12.1 Å². The van der Waals surface area contributed by atoms with Crippen LogP contribution in [0.4, 0.5) is 3.89 Å². The van der Waals surface area contributed by atoms with Crippen molar-refractivity contribution in [1.29, 1.82) is 5.41 Å². The van der Waals surface area contributed by atoms with E-state index in [1.807, 2.05) is 19.1 Å². The van der Waals surface area contributed by atoms with Gasteiger partial charge in [-0.25, -0.2) is 0 Å². The van der Waals surface area contributed by atoms with E-state index in [2.05, 4.69) is 5.32 Å². The highest BCUT2D eigenvalue weighted by Gasteiger charge is 2.00. The smallest absolute Gasteiger partial charge is 0.185 e. The molecule has 0 amide bonds. The third kappa shape index (κ3) is 2.92. The minimum atomic E-state index is -0.0633. The summed E-state index contributed by atoms with van der Waals surface area (Å²) >= 11 is 0.241. The third-order valence-corrected chi connectivity index (χ3v) is 2.43. The number of rotatable bonds is 3. The van der Waals surface area contributed by atoms with Crippen molar-refractivity contribution in [2.75, 3.05) is 0 Å². The topological polar surface area (TPSA) is 61.9 Å². The zero-order valence-electron chi connectivity index (χ0n) is 7.80. The van der Waals surface area contributed by atoms with Crippen LogP contribution >= 0.6 is 12.1 Å². The van der Waals surface area contributed by atoms with Crippen molar-refractivity contribution < 1.29 is 3.89 Å². The molecular weight excluding hydrogens is 201 g/mol. The Balaban J connectivity index is 2.71. The second-order valence-corrected chi connectivity index (χ2v) is 3.54. The van der Waals surface area contributed by atoms with E-state index in [-0.39, 0.29) is 18.1 Å². The molecule has 1 aromatic rings. The van der Waals surface area contributed by atoms with Gasteiger partial charge in [-0.2, -0.15) is 3.89 Å². The fourth-order valence-electron chi connectivity index (χ4n) is 1.11. The van der Waals surface area contributed by atoms with Crippen molar-refractivity contribution in [3.05, 3.63) is 29.3 Å². The number of guanidine groups is 1. The fraction of sp³-hybridized carbons (Fsp3) is 0.222. The molecule has 0 fully saturated rings. The van der Waals surface area contributed by atoms with Crippen molar-refractivity contribution in [2.45, 2.75) is 18.4 Å². The summed E-state index contributed by atoms with van der Waals surface area (Å²) in [4.78, 5) is 0.622. The summed E-state index contributed by atoms with van der Waals surface area (Å²) in [6, 6.07) is 5.40. The lowest BCUT2D eigenvalue weighted by Gasteiger charge is -2.06. The van der Waals surface area contributed by atoms with Gasteiger partial charge in [0, 0.05) is 11.4 Å². The average Bonchev–Trinajstić information content (AvgIpc) is 2.15. The number of hydrogen-bond donors (Lipinski definition) is 3. The first-order chi connectivity index (χ1) is 6.63. The molecule has 0 aliphatic rings. The molecule has 3 nitrogen and oxygen atoms in total. The lowest BCUT2D eigenvalue weighted by atomic mass is 10.1. The van der Waals surface area contributed by atoms with E-state index in [9.17, 15) is 3.89 Å². The summed E-state index contributed by atoms with van der Waals surface area (Å²) in [5.74, 6) is -0.0633. The van der Waals surface area contributed by atoms with E-state index in [4.69, 9.17) is 11.1 Å². The van der Waals surface area contributed by atoms with Crippen molar-refractivity contribution >= 4 is 18.1 Å². The number of aryl methyl sites for hydroxylation is 1. The Morgan fingerprint density at radius 2 is 2.36 bits per heavy atom. The molecule has 0 spiro atoms. The van der Waals surface area contributed by atoms with Crippen LogP contribution in [0.25, 0.3) is 0 Å². The molecule has 0 radical (unpaired) electrons. The van der Waals surface area contributed by atoms with Crippen LogP contribution in [0.1, 0.15) is 11.1 Å². The van der Waals surface area contributed by atoms with Gasteiger partial charge in [0.05, 0.1) is 12.1 Å². The van der Waals surface area contributed by atoms with Crippen LogP contribution in [-0.2, 0) is 6.54 Å². The lowest BCUT2D eigenvalue weighted by Crippen LogP contribution is -2.29. The van der Waals surface area contributed by atoms with Crippen LogP contribution in [0.3, 0.4) is 0 Å². The fourth-order valence-corrected chi connectivity index (χ4v) is 1.41. The van der Waals surface area contributed by atoms with Gasteiger partial charge in [-0.05, 0) is 24.1 Å². The molecule has 0 atom stereocenters. The zero-order chi connectivity index (χ0) is 10.6. The molecule has 0 unspecified atom stereocenters. The quantitative estimate of drug-likeness (QED) is 0.531. The van der Waals surface area contributed by atoms with Crippen molar-refractivity contribution in [3.63, 3.8) is 0 Å². The maximum absolute atomic E-state index is 12.3. The average molecular weight is 213 g/mol. The number of hydrogen-bond acceptors (Lipinski definition) is 2. The Hall–Kier alpha value is -1.23. The second-order valence-electron chi connectivity index (χ2n) is 2.94. The van der Waals surface area contributed by atoms with Crippen molar-refractivity contribution in [2.24, 2.45) is 5.73 Å². The summed E-state index contributed by atoms with van der Waals surface area (Å²) < 4.78 is 12.3. The third-order valence-electron chi connectivity index (χ3n) is 1.81.